The molecular formula is C22H27N11O. The van der Waals surface area contributed by atoms with Crippen LogP contribution in [0.5, 0.6) is 0 Å². The second-order valence-corrected chi connectivity index (χ2v) is 9.25. The first-order valence-corrected chi connectivity index (χ1v) is 11.5. The number of carbonyl (C=O) groups is 1. The molecule has 2 fully saturated rings. The van der Waals surface area contributed by atoms with Crippen LogP contribution in [0.15, 0.2) is 42.6 Å². The van der Waals surface area contributed by atoms with E-state index in [0.717, 1.165) is 17.8 Å². The van der Waals surface area contributed by atoms with Crippen LogP contribution in [0, 0.1) is 5.92 Å². The van der Waals surface area contributed by atoms with Crippen LogP contribution in [0.4, 0.5) is 23.4 Å². The highest BCUT2D eigenvalue weighted by molar-refractivity contribution is 5.99. The number of carbonyl (C=O) groups excluding carboxylic acids is 1. The Morgan fingerprint density at radius 2 is 2.18 bits per heavy atom. The van der Waals surface area contributed by atoms with Crippen LogP contribution in [0.3, 0.4) is 0 Å². The minimum atomic E-state index is -0.843. The standard InChI is InChI=1S/C22H27N11O/c1-22(20(34)27-18-12-24-16(23)11-25-18)7-3-8-32(22)21-28-19(15-4-2-9-33(15)31-21)26-17-10-14(29-30-17)13-5-6-13/h2,4,9-14,29-30H,3,5-8H2,1H3,(H2,23,24)(H,25,27,34)(H,26,28,31)/t14?,22-/m0/s1. The highest BCUT2D eigenvalue weighted by Crippen LogP contribution is 2.36. The number of fused-ring (bicyclic) bond motifs is 1. The van der Waals surface area contributed by atoms with Crippen molar-refractivity contribution in [2.45, 2.75) is 44.2 Å². The number of rotatable bonds is 6. The van der Waals surface area contributed by atoms with E-state index in [1.807, 2.05) is 30.2 Å². The van der Waals surface area contributed by atoms with Crippen molar-refractivity contribution >= 4 is 34.8 Å². The van der Waals surface area contributed by atoms with Crippen LogP contribution >= 0.6 is 0 Å². The van der Waals surface area contributed by atoms with E-state index in [1.165, 1.54) is 25.2 Å². The summed E-state index contributed by atoms with van der Waals surface area (Å²) in [6.45, 7) is 2.57. The molecule has 0 radical (unpaired) electrons. The predicted molar refractivity (Wildman–Crippen MR) is 128 cm³/mol. The minimum Gasteiger partial charge on any atom is -0.382 e. The van der Waals surface area contributed by atoms with E-state index in [4.69, 9.17) is 15.8 Å². The Morgan fingerprint density at radius 1 is 1.29 bits per heavy atom. The molecule has 0 bridgehead atoms. The fraction of sp³-hybridized carbons (Fsp3) is 0.409. The zero-order valence-electron chi connectivity index (χ0n) is 18.8. The summed E-state index contributed by atoms with van der Waals surface area (Å²) in [5.74, 6) is 3.18. The first kappa shape index (κ1) is 20.7. The van der Waals surface area contributed by atoms with Gasteiger partial charge in [0.25, 0.3) is 5.91 Å². The molecule has 2 aliphatic heterocycles. The maximum atomic E-state index is 13.3. The highest BCUT2D eigenvalue weighted by Gasteiger charge is 2.45. The van der Waals surface area contributed by atoms with Crippen molar-refractivity contribution in [3.63, 3.8) is 0 Å². The van der Waals surface area contributed by atoms with Gasteiger partial charge in [0.1, 0.15) is 22.7 Å². The van der Waals surface area contributed by atoms with Gasteiger partial charge in [0, 0.05) is 12.7 Å². The summed E-state index contributed by atoms with van der Waals surface area (Å²) < 4.78 is 1.79. The Kier molecular flexibility index (Phi) is 4.76. The molecule has 1 saturated heterocycles. The number of hydrogen-bond acceptors (Lipinski definition) is 10. The monoisotopic (exact) mass is 461 g/mol. The van der Waals surface area contributed by atoms with Gasteiger partial charge in [-0.15, -0.1) is 5.10 Å². The average molecular weight is 462 g/mol. The first-order valence-electron chi connectivity index (χ1n) is 11.5. The number of hydrogen-bond donors (Lipinski definition) is 5. The number of amides is 1. The van der Waals surface area contributed by atoms with Gasteiger partial charge in [-0.3, -0.25) is 4.79 Å². The largest absolute Gasteiger partial charge is 0.382 e. The third kappa shape index (κ3) is 3.65. The van der Waals surface area contributed by atoms with Crippen LogP contribution in [-0.2, 0) is 4.79 Å². The molecule has 176 valence electrons. The number of aromatic nitrogens is 5. The molecule has 34 heavy (non-hydrogen) atoms. The van der Waals surface area contributed by atoms with Crippen molar-refractivity contribution in [1.82, 2.24) is 35.4 Å². The topological polar surface area (TPSA) is 150 Å². The van der Waals surface area contributed by atoms with E-state index in [1.54, 1.807) is 4.52 Å². The van der Waals surface area contributed by atoms with Gasteiger partial charge in [0.2, 0.25) is 5.95 Å². The lowest BCUT2D eigenvalue weighted by molar-refractivity contribution is -0.120. The third-order valence-corrected chi connectivity index (χ3v) is 6.77. The Bertz CT molecular complexity index is 1270. The molecule has 3 aromatic heterocycles. The van der Waals surface area contributed by atoms with Gasteiger partial charge in [-0.25, -0.2) is 19.9 Å². The van der Waals surface area contributed by atoms with Gasteiger partial charge < -0.3 is 26.7 Å². The molecule has 6 N–H and O–H groups in total. The maximum absolute atomic E-state index is 13.3. The summed E-state index contributed by atoms with van der Waals surface area (Å²) in [6.07, 6.45) is 10.9. The second kappa shape index (κ2) is 7.83. The number of nitrogens with zero attached hydrogens (tertiary/aromatic N) is 6. The Morgan fingerprint density at radius 3 is 2.97 bits per heavy atom. The SMILES string of the molecule is C[C@@]1(C(=O)Nc2cnc(N)cn2)CCCN1c1nc(NC2=CC(C3CC3)NN2)c2cccn2n1. The molecule has 6 rings (SSSR count). The van der Waals surface area contributed by atoms with E-state index < -0.39 is 5.54 Å². The molecule has 1 amide bonds. The van der Waals surface area contributed by atoms with Crippen LogP contribution < -0.4 is 32.1 Å². The number of nitrogens with two attached hydrogens (primary N) is 1. The molecule has 0 aromatic carbocycles. The van der Waals surface area contributed by atoms with Crippen molar-refractivity contribution in [1.29, 1.82) is 0 Å². The van der Waals surface area contributed by atoms with E-state index in [9.17, 15) is 4.79 Å². The van der Waals surface area contributed by atoms with Gasteiger partial charge in [-0.05, 0) is 56.7 Å². The molecule has 5 heterocycles. The van der Waals surface area contributed by atoms with E-state index in [0.29, 0.717) is 48.3 Å². The van der Waals surface area contributed by atoms with Gasteiger partial charge in [-0.2, -0.15) is 4.98 Å². The number of nitrogens with one attached hydrogen (secondary N) is 4. The predicted octanol–water partition coefficient (Wildman–Crippen LogP) is 1.24. The Balaban J connectivity index is 1.29. The lowest BCUT2D eigenvalue weighted by Gasteiger charge is -2.33. The third-order valence-electron chi connectivity index (χ3n) is 6.77. The van der Waals surface area contributed by atoms with Crippen LogP contribution in [0.2, 0.25) is 0 Å². The molecule has 3 aromatic rings. The molecule has 1 saturated carbocycles. The van der Waals surface area contributed by atoms with Gasteiger partial charge >= 0.3 is 0 Å². The molecule has 2 atom stereocenters. The summed E-state index contributed by atoms with van der Waals surface area (Å²) in [7, 11) is 0. The highest BCUT2D eigenvalue weighted by atomic mass is 16.2. The molecule has 1 aliphatic carbocycles. The number of nitrogen functional groups attached to an aromatic ring is 1. The summed E-state index contributed by atoms with van der Waals surface area (Å²) in [5, 5.41) is 11.0. The van der Waals surface area contributed by atoms with Crippen molar-refractivity contribution < 1.29 is 4.79 Å². The molecule has 12 heteroatoms. The van der Waals surface area contributed by atoms with E-state index >= 15 is 0 Å². The summed E-state index contributed by atoms with van der Waals surface area (Å²) >= 11 is 0. The second-order valence-electron chi connectivity index (χ2n) is 9.25. The molecular weight excluding hydrogens is 434 g/mol. The van der Waals surface area contributed by atoms with Gasteiger partial charge in [0.05, 0.1) is 18.4 Å². The lowest BCUT2D eigenvalue weighted by Crippen LogP contribution is -2.52. The van der Waals surface area contributed by atoms with Gasteiger partial charge in [0.15, 0.2) is 11.6 Å². The van der Waals surface area contributed by atoms with Crippen LogP contribution in [0.1, 0.15) is 32.6 Å². The summed E-state index contributed by atoms with van der Waals surface area (Å²) in [4.78, 5) is 28.3. The normalized spacial score (nSPS) is 24.2. The van der Waals surface area contributed by atoms with Crippen molar-refractivity contribution in [2.75, 3.05) is 27.8 Å². The van der Waals surface area contributed by atoms with E-state index in [-0.39, 0.29) is 5.91 Å². The summed E-state index contributed by atoms with van der Waals surface area (Å²) in [6, 6.07) is 4.22. The zero-order valence-corrected chi connectivity index (χ0v) is 18.8. The zero-order chi connectivity index (χ0) is 23.3. The van der Waals surface area contributed by atoms with Crippen molar-refractivity contribution in [3.05, 3.63) is 42.6 Å². The maximum Gasteiger partial charge on any atom is 0.251 e. The molecule has 1 unspecified atom stereocenters. The fourth-order valence-electron chi connectivity index (χ4n) is 4.64. The van der Waals surface area contributed by atoms with Crippen molar-refractivity contribution in [2.24, 2.45) is 5.92 Å². The van der Waals surface area contributed by atoms with E-state index in [2.05, 4.69) is 37.5 Å². The van der Waals surface area contributed by atoms with Crippen LogP contribution in [-0.4, -0.2) is 48.6 Å². The smallest absolute Gasteiger partial charge is 0.251 e. The molecule has 3 aliphatic rings. The number of hydrazine groups is 1. The quantitative estimate of drug-likeness (QED) is 0.363. The van der Waals surface area contributed by atoms with Crippen LogP contribution in [0.25, 0.3) is 5.52 Å². The number of anilines is 4. The fourth-order valence-corrected chi connectivity index (χ4v) is 4.64. The summed E-state index contributed by atoms with van der Waals surface area (Å²) in [5.41, 5.74) is 12.2. The van der Waals surface area contributed by atoms with Gasteiger partial charge in [-0.1, -0.05) is 0 Å². The first-order chi connectivity index (χ1) is 16.5. The lowest BCUT2D eigenvalue weighted by atomic mass is 9.98. The molecule has 12 nitrogen and oxygen atoms in total. The molecule has 0 spiro atoms. The Labute approximate surface area is 196 Å². The average Bonchev–Trinajstić information content (AvgIpc) is 3.20. The minimum absolute atomic E-state index is 0.188. The Hall–Kier alpha value is -3.93. The van der Waals surface area contributed by atoms with Crippen molar-refractivity contribution in [3.8, 4) is 0 Å².